The number of nitrogens with two attached hydrogens (primary N) is 1. The number of nitrogens with one attached hydrogen (secondary N) is 2. The second kappa shape index (κ2) is 37.9. The quantitative estimate of drug-likeness (QED) is 0.0248. The van der Waals surface area contributed by atoms with E-state index >= 15 is 0 Å². The lowest BCUT2D eigenvalue weighted by Gasteiger charge is -2.20. The molecule has 314 valence electrons. The number of carbonyl (C=O) groups is 2. The summed E-state index contributed by atoms with van der Waals surface area (Å²) in [7, 11) is -4.04. The molecule has 3 atom stereocenters. The molecular formula is C39H78N3O9PS. The predicted molar refractivity (Wildman–Crippen MR) is 219 cm³/mol. The lowest BCUT2D eigenvalue weighted by atomic mass is 10.1. The number of unbranched alkanes of at least 4 members (excludes halogenated alkanes) is 16. The van der Waals surface area contributed by atoms with Gasteiger partial charge >= 0.3 is 7.60 Å². The van der Waals surface area contributed by atoms with E-state index in [0.29, 0.717) is 44.5 Å². The Morgan fingerprint density at radius 3 is 1.77 bits per heavy atom. The van der Waals surface area contributed by atoms with Crippen LogP contribution in [0.4, 0.5) is 0 Å². The van der Waals surface area contributed by atoms with Crippen LogP contribution in [-0.4, -0.2) is 110 Å². The lowest BCUT2D eigenvalue weighted by molar-refractivity contribution is -0.123. The molecule has 0 fully saturated rings. The van der Waals surface area contributed by atoms with E-state index in [4.69, 9.17) is 34.5 Å². The van der Waals surface area contributed by atoms with Gasteiger partial charge in [0, 0.05) is 24.2 Å². The van der Waals surface area contributed by atoms with Crippen molar-refractivity contribution in [2.45, 2.75) is 154 Å². The minimum Gasteiger partial charge on any atom is -0.379 e. The highest BCUT2D eigenvalue weighted by Crippen LogP contribution is 2.33. The molecule has 53 heavy (non-hydrogen) atoms. The van der Waals surface area contributed by atoms with Gasteiger partial charge in [0.05, 0.1) is 64.5 Å². The molecule has 0 radical (unpaired) electrons. The molecule has 0 aliphatic rings. The van der Waals surface area contributed by atoms with Gasteiger partial charge in [0.15, 0.2) is 0 Å². The number of amides is 2. The van der Waals surface area contributed by atoms with E-state index in [0.717, 1.165) is 25.7 Å². The smallest absolute Gasteiger partial charge is 0.327 e. The standard InChI is InChI=1S/C39H78N3O9PS/c1-4-6-8-10-12-14-16-18-20-22-24-50-32-36(42-38(43)23-21-19-17-15-13-11-9-7-5-2)33-53-34-37(40)39(44)41-35(3)31-51-28-27-48-25-26-49-29-30-52(45,46)47/h21,23,35-37H,4-20,22,24-34,40H2,1-3H3,(H,41,44)(H,42,43)(H2,45,46,47)/t35-,36+,37-/m0/s1. The Morgan fingerprint density at radius 1 is 0.679 bits per heavy atom. The van der Waals surface area contributed by atoms with E-state index < -0.39 is 13.6 Å². The molecule has 0 heterocycles. The van der Waals surface area contributed by atoms with Crippen molar-refractivity contribution in [1.82, 2.24) is 10.6 Å². The molecule has 0 rings (SSSR count). The molecule has 12 nitrogen and oxygen atoms in total. The number of thioether (sulfide) groups is 1. The zero-order valence-corrected chi connectivity index (χ0v) is 35.3. The minimum atomic E-state index is -4.04. The fraction of sp³-hybridized carbons (Fsp3) is 0.897. The SMILES string of the molecule is CCCCCCCCCC=CC(=O)N[C@H](COCCCCCCCCCCCC)CSC[C@H](N)C(=O)N[C@@H](C)COCCOCCOCCP(=O)(O)O. The van der Waals surface area contributed by atoms with Crippen molar-refractivity contribution in [3.8, 4) is 0 Å². The molecule has 0 aromatic rings. The van der Waals surface area contributed by atoms with Crippen LogP contribution in [0.2, 0.25) is 0 Å². The molecule has 0 bridgehead atoms. The summed E-state index contributed by atoms with van der Waals surface area (Å²) < 4.78 is 32.8. The summed E-state index contributed by atoms with van der Waals surface area (Å²) in [5, 5.41) is 5.98. The van der Waals surface area contributed by atoms with Crippen molar-refractivity contribution >= 4 is 31.2 Å². The highest BCUT2D eigenvalue weighted by atomic mass is 32.2. The molecule has 2 amide bonds. The highest BCUT2D eigenvalue weighted by molar-refractivity contribution is 7.99. The number of carbonyl (C=O) groups excluding carboxylic acids is 2. The van der Waals surface area contributed by atoms with Crippen molar-refractivity contribution in [3.63, 3.8) is 0 Å². The van der Waals surface area contributed by atoms with E-state index in [1.807, 2.05) is 13.0 Å². The zero-order chi connectivity index (χ0) is 39.3. The second-order valence-corrected chi connectivity index (χ2v) is 16.9. The molecular weight excluding hydrogens is 717 g/mol. The maximum atomic E-state index is 12.7. The van der Waals surface area contributed by atoms with E-state index in [9.17, 15) is 14.2 Å². The zero-order valence-electron chi connectivity index (χ0n) is 33.6. The molecule has 0 unspecified atom stereocenters. The molecule has 0 aliphatic heterocycles. The third-order valence-electron chi connectivity index (χ3n) is 8.53. The third kappa shape index (κ3) is 39.0. The van der Waals surface area contributed by atoms with Gasteiger partial charge in [-0.1, -0.05) is 116 Å². The van der Waals surface area contributed by atoms with E-state index in [1.165, 1.54) is 102 Å². The summed E-state index contributed by atoms with van der Waals surface area (Å²) in [6.45, 7) is 8.86. The lowest BCUT2D eigenvalue weighted by Crippen LogP contribution is -2.47. The summed E-state index contributed by atoms with van der Waals surface area (Å²) in [5.74, 6) is 0.615. The van der Waals surface area contributed by atoms with E-state index in [1.54, 1.807) is 6.08 Å². The van der Waals surface area contributed by atoms with Gasteiger partial charge < -0.3 is 45.1 Å². The number of hydrogen-bond acceptors (Lipinski definition) is 9. The maximum Gasteiger partial charge on any atom is 0.327 e. The van der Waals surface area contributed by atoms with Crippen LogP contribution in [-0.2, 0) is 33.1 Å². The first-order valence-corrected chi connectivity index (χ1v) is 23.5. The summed E-state index contributed by atoms with van der Waals surface area (Å²) in [5.41, 5.74) is 6.20. The van der Waals surface area contributed by atoms with Crippen LogP contribution < -0.4 is 16.4 Å². The van der Waals surface area contributed by atoms with Crippen molar-refractivity contribution in [2.75, 3.05) is 70.5 Å². The Balaban J connectivity index is 4.42. The van der Waals surface area contributed by atoms with E-state index in [-0.39, 0.29) is 49.9 Å². The van der Waals surface area contributed by atoms with E-state index in [2.05, 4.69) is 24.5 Å². The largest absolute Gasteiger partial charge is 0.379 e. The van der Waals surface area contributed by atoms with Gasteiger partial charge in [-0.3, -0.25) is 14.2 Å². The fourth-order valence-corrected chi connectivity index (χ4v) is 6.77. The molecule has 6 N–H and O–H groups in total. The summed E-state index contributed by atoms with van der Waals surface area (Å²) in [4.78, 5) is 43.0. The predicted octanol–water partition coefficient (Wildman–Crippen LogP) is 6.90. The molecule has 0 saturated carbocycles. The van der Waals surface area contributed by atoms with Gasteiger partial charge in [0.1, 0.15) is 0 Å². The number of allylic oxidation sites excluding steroid dienone is 1. The Hall–Kier alpha value is -1.02. The maximum absolute atomic E-state index is 12.7. The molecule has 0 spiro atoms. The van der Waals surface area contributed by atoms with Gasteiger partial charge in [-0.15, -0.1) is 0 Å². The molecule has 0 aromatic carbocycles. The fourth-order valence-electron chi connectivity index (χ4n) is 5.40. The van der Waals surface area contributed by atoms with Crippen molar-refractivity contribution in [2.24, 2.45) is 5.73 Å². The van der Waals surface area contributed by atoms with Gasteiger partial charge in [-0.05, 0) is 32.3 Å². The summed E-state index contributed by atoms with van der Waals surface area (Å²) in [6.07, 6.45) is 25.6. The average Bonchev–Trinajstić information content (AvgIpc) is 3.11. The number of rotatable bonds is 40. The van der Waals surface area contributed by atoms with Crippen LogP contribution >= 0.6 is 19.4 Å². The first-order chi connectivity index (χ1) is 25.6. The highest BCUT2D eigenvalue weighted by Gasteiger charge is 2.18. The number of hydrogen-bond donors (Lipinski definition) is 5. The van der Waals surface area contributed by atoms with Gasteiger partial charge in [-0.25, -0.2) is 0 Å². The van der Waals surface area contributed by atoms with Crippen LogP contribution in [0.5, 0.6) is 0 Å². The van der Waals surface area contributed by atoms with Crippen LogP contribution in [0.15, 0.2) is 12.2 Å². The van der Waals surface area contributed by atoms with Crippen molar-refractivity contribution in [1.29, 1.82) is 0 Å². The Labute approximate surface area is 326 Å². The van der Waals surface area contributed by atoms with Crippen LogP contribution in [0.1, 0.15) is 136 Å². The van der Waals surface area contributed by atoms with Gasteiger partial charge in [-0.2, -0.15) is 11.8 Å². The number of ether oxygens (including phenoxy) is 4. The molecule has 14 heteroatoms. The molecule has 0 aliphatic carbocycles. The molecule has 0 saturated heterocycles. The second-order valence-electron chi connectivity index (χ2n) is 14.0. The minimum absolute atomic E-state index is 0.0237. The van der Waals surface area contributed by atoms with Crippen molar-refractivity contribution < 1.29 is 42.9 Å². The van der Waals surface area contributed by atoms with Gasteiger partial charge in [0.2, 0.25) is 11.8 Å². The monoisotopic (exact) mass is 796 g/mol. The average molecular weight is 796 g/mol. The summed E-state index contributed by atoms with van der Waals surface area (Å²) >= 11 is 1.53. The van der Waals surface area contributed by atoms with Crippen molar-refractivity contribution in [3.05, 3.63) is 12.2 Å². The normalized spacial score (nSPS) is 13.7. The van der Waals surface area contributed by atoms with Gasteiger partial charge in [0.25, 0.3) is 0 Å². The Kier molecular flexibility index (Phi) is 37.2. The van der Waals surface area contributed by atoms with Crippen LogP contribution in [0.3, 0.4) is 0 Å². The summed E-state index contributed by atoms with van der Waals surface area (Å²) in [6, 6.07) is -1.13. The topological polar surface area (TPSA) is 179 Å². The molecule has 0 aromatic heterocycles. The Bertz CT molecular complexity index is 929. The Morgan fingerprint density at radius 2 is 1.19 bits per heavy atom. The first kappa shape index (κ1) is 52.0. The first-order valence-electron chi connectivity index (χ1n) is 20.5. The van der Waals surface area contributed by atoms with Crippen LogP contribution in [0.25, 0.3) is 0 Å². The third-order valence-corrected chi connectivity index (χ3v) is 10.5. The van der Waals surface area contributed by atoms with Crippen LogP contribution in [0, 0.1) is 0 Å².